The highest BCUT2D eigenvalue weighted by atomic mass is 32.2. The Morgan fingerprint density at radius 2 is 1.90 bits per heavy atom. The first-order valence-electron chi connectivity index (χ1n) is 9.83. The van der Waals surface area contributed by atoms with Gasteiger partial charge in [-0.15, -0.1) is 11.8 Å². The van der Waals surface area contributed by atoms with E-state index < -0.39 is 0 Å². The summed E-state index contributed by atoms with van der Waals surface area (Å²) in [6, 6.07) is 11.2. The van der Waals surface area contributed by atoms with Gasteiger partial charge in [-0.1, -0.05) is 12.8 Å². The van der Waals surface area contributed by atoms with Gasteiger partial charge in [0, 0.05) is 18.4 Å². The largest absolute Gasteiger partial charge is 0.497 e. The van der Waals surface area contributed by atoms with Crippen molar-refractivity contribution in [2.24, 2.45) is 0 Å². The SMILES string of the molecule is COc1ccc(N2C(=O)CN(C(=O)c3cccnc3SC)CC23CCCC3)cc1. The first-order chi connectivity index (χ1) is 14.1. The molecule has 1 saturated carbocycles. The van der Waals surface area contributed by atoms with Crippen LogP contribution in [-0.4, -0.2) is 53.7 Å². The molecule has 2 aromatic rings. The maximum absolute atomic E-state index is 13.3. The minimum atomic E-state index is -0.346. The second-order valence-electron chi connectivity index (χ2n) is 7.58. The fourth-order valence-electron chi connectivity index (χ4n) is 4.57. The molecule has 0 N–H and O–H groups in total. The normalized spacial score (nSPS) is 18.3. The van der Waals surface area contributed by atoms with Gasteiger partial charge in [-0.2, -0.15) is 0 Å². The number of carbonyl (C=O) groups excluding carboxylic acids is 2. The van der Waals surface area contributed by atoms with Crippen molar-refractivity contribution in [3.8, 4) is 5.75 Å². The summed E-state index contributed by atoms with van der Waals surface area (Å²) in [6.07, 6.45) is 7.52. The van der Waals surface area contributed by atoms with E-state index in [1.54, 1.807) is 30.3 Å². The van der Waals surface area contributed by atoms with Crippen molar-refractivity contribution < 1.29 is 14.3 Å². The molecule has 1 aliphatic carbocycles. The summed E-state index contributed by atoms with van der Waals surface area (Å²) < 4.78 is 5.26. The van der Waals surface area contributed by atoms with Gasteiger partial charge < -0.3 is 14.5 Å². The predicted molar refractivity (Wildman–Crippen MR) is 114 cm³/mol. The molecule has 4 rings (SSSR count). The second-order valence-corrected chi connectivity index (χ2v) is 8.38. The van der Waals surface area contributed by atoms with Gasteiger partial charge in [0.1, 0.15) is 17.3 Å². The van der Waals surface area contributed by atoms with Crippen molar-refractivity contribution in [3.63, 3.8) is 0 Å². The Kier molecular flexibility index (Phi) is 5.50. The third kappa shape index (κ3) is 3.59. The molecule has 1 aromatic heterocycles. The number of amides is 2. The maximum Gasteiger partial charge on any atom is 0.257 e. The van der Waals surface area contributed by atoms with Gasteiger partial charge >= 0.3 is 0 Å². The Labute approximate surface area is 175 Å². The van der Waals surface area contributed by atoms with Crippen molar-refractivity contribution in [1.29, 1.82) is 0 Å². The van der Waals surface area contributed by atoms with Crippen LogP contribution in [0, 0.1) is 0 Å². The van der Waals surface area contributed by atoms with Crippen LogP contribution in [0.3, 0.4) is 0 Å². The van der Waals surface area contributed by atoms with Crippen LogP contribution >= 0.6 is 11.8 Å². The lowest BCUT2D eigenvalue weighted by Gasteiger charge is -2.49. The Bertz CT molecular complexity index is 910. The molecule has 0 atom stereocenters. The molecule has 2 heterocycles. The van der Waals surface area contributed by atoms with Crippen LogP contribution in [0.1, 0.15) is 36.0 Å². The first-order valence-corrected chi connectivity index (χ1v) is 11.1. The zero-order chi connectivity index (χ0) is 20.4. The topological polar surface area (TPSA) is 62.7 Å². The summed E-state index contributed by atoms with van der Waals surface area (Å²) in [4.78, 5) is 34.5. The van der Waals surface area contributed by atoms with E-state index in [0.717, 1.165) is 37.1 Å². The minimum absolute atomic E-state index is 0.0359. The second kappa shape index (κ2) is 8.06. The average Bonchev–Trinajstić information content (AvgIpc) is 3.21. The average molecular weight is 412 g/mol. The molecule has 152 valence electrons. The molecule has 2 aliphatic rings. The molecule has 2 amide bonds. The van der Waals surface area contributed by atoms with Crippen LogP contribution in [-0.2, 0) is 4.79 Å². The standard InChI is InChI=1S/C22H25N3O3S/c1-28-17-9-7-16(8-10-17)25-19(26)14-24(15-22(25)11-3-4-12-22)21(27)18-6-5-13-23-20(18)29-2/h5-10,13H,3-4,11-12,14-15H2,1-2H3. The maximum atomic E-state index is 13.3. The minimum Gasteiger partial charge on any atom is -0.497 e. The number of rotatable bonds is 4. The van der Waals surface area contributed by atoms with Gasteiger partial charge in [0.05, 0.1) is 18.2 Å². The molecule has 0 bridgehead atoms. The van der Waals surface area contributed by atoms with Crippen molar-refractivity contribution >= 4 is 29.3 Å². The van der Waals surface area contributed by atoms with E-state index >= 15 is 0 Å². The van der Waals surface area contributed by atoms with E-state index in [1.165, 1.54) is 11.8 Å². The molecule has 1 spiro atoms. The molecule has 6 nitrogen and oxygen atoms in total. The quantitative estimate of drug-likeness (QED) is 0.719. The van der Waals surface area contributed by atoms with Crippen LogP contribution in [0.15, 0.2) is 47.6 Å². The molecule has 0 unspecified atom stereocenters. The van der Waals surface area contributed by atoms with Crippen LogP contribution in [0.25, 0.3) is 0 Å². The summed E-state index contributed by atoms with van der Waals surface area (Å²) in [5, 5.41) is 0.697. The van der Waals surface area contributed by atoms with Crippen molar-refractivity contribution in [2.75, 3.05) is 31.4 Å². The van der Waals surface area contributed by atoms with Crippen LogP contribution in [0.4, 0.5) is 5.69 Å². The summed E-state index contributed by atoms with van der Waals surface area (Å²) in [7, 11) is 1.63. The fraction of sp³-hybridized carbons (Fsp3) is 0.409. The lowest BCUT2D eigenvalue weighted by Crippen LogP contribution is -2.65. The third-order valence-electron chi connectivity index (χ3n) is 5.88. The molecule has 2 fully saturated rings. The number of hydrogen-bond donors (Lipinski definition) is 0. The number of thioether (sulfide) groups is 1. The van der Waals surface area contributed by atoms with E-state index in [2.05, 4.69) is 4.98 Å². The Hall–Kier alpha value is -2.54. The van der Waals surface area contributed by atoms with Crippen LogP contribution in [0.5, 0.6) is 5.75 Å². The number of aromatic nitrogens is 1. The van der Waals surface area contributed by atoms with Crippen molar-refractivity contribution in [1.82, 2.24) is 9.88 Å². The molecule has 1 aliphatic heterocycles. The van der Waals surface area contributed by atoms with Gasteiger partial charge in [0.25, 0.3) is 5.91 Å². The number of benzene rings is 1. The number of hydrogen-bond acceptors (Lipinski definition) is 5. The van der Waals surface area contributed by atoms with Crippen molar-refractivity contribution in [2.45, 2.75) is 36.2 Å². The lowest BCUT2D eigenvalue weighted by atomic mass is 9.90. The molecule has 29 heavy (non-hydrogen) atoms. The predicted octanol–water partition coefficient (Wildman–Crippen LogP) is 3.61. The molecular weight excluding hydrogens is 386 g/mol. The third-order valence-corrected chi connectivity index (χ3v) is 6.59. The first kappa shape index (κ1) is 19.8. The number of carbonyl (C=O) groups is 2. The van der Waals surface area contributed by atoms with Crippen LogP contribution in [0.2, 0.25) is 0 Å². The molecule has 0 radical (unpaired) electrons. The highest BCUT2D eigenvalue weighted by Crippen LogP contribution is 2.42. The van der Waals surface area contributed by atoms with Gasteiger partial charge in [0.2, 0.25) is 5.91 Å². The molecule has 1 aromatic carbocycles. The summed E-state index contributed by atoms with van der Waals surface area (Å²) in [6.45, 7) is 0.627. The van der Waals surface area contributed by atoms with Gasteiger partial charge in [-0.25, -0.2) is 4.98 Å². The number of nitrogens with zero attached hydrogens (tertiary/aromatic N) is 3. The van der Waals surface area contributed by atoms with Crippen LogP contribution < -0.4 is 9.64 Å². The highest BCUT2D eigenvalue weighted by Gasteiger charge is 2.49. The fourth-order valence-corrected chi connectivity index (χ4v) is 5.12. The monoisotopic (exact) mass is 411 g/mol. The van der Waals surface area contributed by atoms with Gasteiger partial charge in [-0.3, -0.25) is 9.59 Å². The number of methoxy groups -OCH3 is 1. The Morgan fingerprint density at radius 1 is 1.17 bits per heavy atom. The lowest BCUT2D eigenvalue weighted by molar-refractivity contribution is -0.123. The van der Waals surface area contributed by atoms with Crippen molar-refractivity contribution in [3.05, 3.63) is 48.2 Å². The van der Waals surface area contributed by atoms with E-state index in [0.29, 0.717) is 17.1 Å². The smallest absolute Gasteiger partial charge is 0.257 e. The number of pyridine rings is 1. The summed E-state index contributed by atoms with van der Waals surface area (Å²) in [5.74, 6) is 0.611. The summed E-state index contributed by atoms with van der Waals surface area (Å²) in [5.41, 5.74) is 1.09. The van der Waals surface area contributed by atoms with Gasteiger partial charge in [0.15, 0.2) is 0 Å². The number of piperazine rings is 1. The number of anilines is 1. The Morgan fingerprint density at radius 3 is 2.55 bits per heavy atom. The molecule has 1 saturated heterocycles. The highest BCUT2D eigenvalue weighted by molar-refractivity contribution is 7.98. The Balaban J connectivity index is 1.66. The van der Waals surface area contributed by atoms with E-state index in [9.17, 15) is 9.59 Å². The van der Waals surface area contributed by atoms with E-state index in [1.807, 2.05) is 35.4 Å². The van der Waals surface area contributed by atoms with Gasteiger partial charge in [-0.05, 0) is 55.5 Å². The zero-order valence-electron chi connectivity index (χ0n) is 16.8. The zero-order valence-corrected chi connectivity index (χ0v) is 17.6. The molecule has 7 heteroatoms. The van der Waals surface area contributed by atoms with E-state index in [-0.39, 0.29) is 23.9 Å². The molecular formula is C22H25N3O3S. The summed E-state index contributed by atoms with van der Waals surface area (Å²) >= 11 is 1.45. The number of ether oxygens (including phenoxy) is 1. The van der Waals surface area contributed by atoms with E-state index in [4.69, 9.17) is 4.74 Å².